The van der Waals surface area contributed by atoms with Gasteiger partial charge in [-0.25, -0.2) is 4.79 Å². The average molecular weight is 361 g/mol. The zero-order valence-corrected chi connectivity index (χ0v) is 14.8. The van der Waals surface area contributed by atoms with Crippen LogP contribution < -0.4 is 4.90 Å². The predicted octanol–water partition coefficient (Wildman–Crippen LogP) is 3.08. The van der Waals surface area contributed by atoms with Crippen LogP contribution >= 0.6 is 11.6 Å². The standard InChI is InChI=1S/C19H21ClN2O3/c1-25-19(24)18(14-6-2-3-7-15(14)20)22-12-10-21(11-13-22)16-8-4-5-9-17(16)23/h2-9,18,23H,10-13H2,1H3. The second-order valence-corrected chi connectivity index (χ2v) is 6.37. The molecule has 1 saturated heterocycles. The van der Waals surface area contributed by atoms with Gasteiger partial charge in [0.15, 0.2) is 0 Å². The number of phenols is 1. The smallest absolute Gasteiger partial charge is 0.327 e. The van der Waals surface area contributed by atoms with E-state index in [0.29, 0.717) is 31.2 Å². The first-order valence-electron chi connectivity index (χ1n) is 8.21. The van der Waals surface area contributed by atoms with Gasteiger partial charge in [0, 0.05) is 31.2 Å². The zero-order chi connectivity index (χ0) is 17.8. The van der Waals surface area contributed by atoms with Gasteiger partial charge in [0.2, 0.25) is 0 Å². The largest absolute Gasteiger partial charge is 0.506 e. The molecule has 0 radical (unpaired) electrons. The first-order valence-corrected chi connectivity index (χ1v) is 8.59. The number of esters is 1. The highest BCUT2D eigenvalue weighted by Crippen LogP contribution is 2.32. The molecule has 1 aliphatic rings. The highest BCUT2D eigenvalue weighted by atomic mass is 35.5. The number of rotatable bonds is 4. The van der Waals surface area contributed by atoms with Gasteiger partial charge in [0.05, 0.1) is 12.8 Å². The Hall–Kier alpha value is -2.24. The molecular weight excluding hydrogens is 340 g/mol. The Morgan fingerprint density at radius 2 is 1.72 bits per heavy atom. The maximum absolute atomic E-state index is 12.4. The van der Waals surface area contributed by atoms with Crippen molar-refractivity contribution in [3.05, 3.63) is 59.1 Å². The van der Waals surface area contributed by atoms with Gasteiger partial charge in [-0.15, -0.1) is 0 Å². The molecule has 1 N–H and O–H groups in total. The minimum atomic E-state index is -0.523. The van der Waals surface area contributed by atoms with Crippen molar-refractivity contribution in [2.75, 3.05) is 38.2 Å². The summed E-state index contributed by atoms with van der Waals surface area (Å²) in [5.41, 5.74) is 1.57. The second kappa shape index (κ2) is 7.76. The van der Waals surface area contributed by atoms with E-state index in [1.54, 1.807) is 18.2 Å². The molecule has 0 aromatic heterocycles. The third-order valence-corrected chi connectivity index (χ3v) is 4.87. The number of phenolic OH excluding ortho intramolecular Hbond substituents is 1. The maximum atomic E-state index is 12.4. The van der Waals surface area contributed by atoms with E-state index >= 15 is 0 Å². The van der Waals surface area contributed by atoms with Gasteiger partial charge in [0.1, 0.15) is 11.8 Å². The van der Waals surface area contributed by atoms with Gasteiger partial charge in [0.25, 0.3) is 0 Å². The fraction of sp³-hybridized carbons (Fsp3) is 0.316. The third-order valence-electron chi connectivity index (χ3n) is 4.53. The molecule has 5 nitrogen and oxygen atoms in total. The Balaban J connectivity index is 1.78. The Morgan fingerprint density at radius 3 is 2.36 bits per heavy atom. The minimum Gasteiger partial charge on any atom is -0.506 e. The van der Waals surface area contributed by atoms with Crippen molar-refractivity contribution >= 4 is 23.3 Å². The lowest BCUT2D eigenvalue weighted by atomic mass is 10.0. The molecule has 2 aromatic rings. The Bertz CT molecular complexity index is 745. The van der Waals surface area contributed by atoms with Crippen LogP contribution in [0.15, 0.2) is 48.5 Å². The van der Waals surface area contributed by atoms with Gasteiger partial charge in [-0.05, 0) is 23.8 Å². The van der Waals surface area contributed by atoms with Crippen LogP contribution in [-0.2, 0) is 9.53 Å². The Labute approximate surface area is 152 Å². The zero-order valence-electron chi connectivity index (χ0n) is 14.1. The summed E-state index contributed by atoms with van der Waals surface area (Å²) in [6.45, 7) is 2.74. The van der Waals surface area contributed by atoms with E-state index in [4.69, 9.17) is 16.3 Å². The van der Waals surface area contributed by atoms with E-state index < -0.39 is 6.04 Å². The molecule has 3 rings (SSSR count). The van der Waals surface area contributed by atoms with Crippen LogP contribution in [0.3, 0.4) is 0 Å². The lowest BCUT2D eigenvalue weighted by Crippen LogP contribution is -2.49. The summed E-state index contributed by atoms with van der Waals surface area (Å²) >= 11 is 6.31. The topological polar surface area (TPSA) is 53.0 Å². The van der Waals surface area contributed by atoms with Crippen molar-refractivity contribution in [3.8, 4) is 5.75 Å². The summed E-state index contributed by atoms with van der Waals surface area (Å²) < 4.78 is 5.01. The van der Waals surface area contributed by atoms with Crippen LogP contribution in [0.1, 0.15) is 11.6 Å². The SMILES string of the molecule is COC(=O)C(c1ccccc1Cl)N1CCN(c2ccccc2O)CC1. The van der Waals surface area contributed by atoms with Crippen LogP contribution in [0, 0.1) is 0 Å². The number of carbonyl (C=O) groups excluding carboxylic acids is 1. The highest BCUT2D eigenvalue weighted by Gasteiger charge is 2.32. The number of benzene rings is 2. The highest BCUT2D eigenvalue weighted by molar-refractivity contribution is 6.31. The number of hydrogen-bond acceptors (Lipinski definition) is 5. The van der Waals surface area contributed by atoms with Crippen molar-refractivity contribution in [1.29, 1.82) is 0 Å². The molecule has 1 unspecified atom stereocenters. The molecule has 1 heterocycles. The third kappa shape index (κ3) is 3.72. The van der Waals surface area contributed by atoms with Crippen LogP contribution in [0.25, 0.3) is 0 Å². The van der Waals surface area contributed by atoms with Crippen LogP contribution in [-0.4, -0.2) is 49.3 Å². The predicted molar refractivity (Wildman–Crippen MR) is 98.1 cm³/mol. The summed E-state index contributed by atoms with van der Waals surface area (Å²) in [7, 11) is 1.39. The van der Waals surface area contributed by atoms with Crippen molar-refractivity contribution < 1.29 is 14.6 Å². The molecule has 0 amide bonds. The number of aromatic hydroxyl groups is 1. The average Bonchev–Trinajstić information content (AvgIpc) is 2.64. The maximum Gasteiger partial charge on any atom is 0.327 e. The Morgan fingerprint density at radius 1 is 1.08 bits per heavy atom. The van der Waals surface area contributed by atoms with E-state index in [0.717, 1.165) is 11.3 Å². The number of carbonyl (C=O) groups is 1. The van der Waals surface area contributed by atoms with E-state index in [2.05, 4.69) is 9.80 Å². The van der Waals surface area contributed by atoms with Crippen LogP contribution in [0.5, 0.6) is 5.75 Å². The van der Waals surface area contributed by atoms with Crippen molar-refractivity contribution in [2.24, 2.45) is 0 Å². The van der Waals surface area contributed by atoms with Crippen molar-refractivity contribution in [1.82, 2.24) is 4.90 Å². The van der Waals surface area contributed by atoms with Crippen molar-refractivity contribution in [2.45, 2.75) is 6.04 Å². The molecule has 0 saturated carbocycles. The number of methoxy groups -OCH3 is 1. The summed E-state index contributed by atoms with van der Waals surface area (Å²) in [6.07, 6.45) is 0. The summed E-state index contributed by atoms with van der Waals surface area (Å²) in [6, 6.07) is 14.1. The molecule has 0 aliphatic carbocycles. The Kier molecular flexibility index (Phi) is 5.46. The van der Waals surface area contributed by atoms with Gasteiger partial charge in [-0.1, -0.05) is 41.9 Å². The summed E-state index contributed by atoms with van der Waals surface area (Å²) in [5.74, 6) is -0.0457. The van der Waals surface area contributed by atoms with Gasteiger partial charge in [-0.2, -0.15) is 0 Å². The van der Waals surface area contributed by atoms with E-state index in [-0.39, 0.29) is 11.7 Å². The normalized spacial score (nSPS) is 16.5. The number of para-hydroxylation sites is 2. The summed E-state index contributed by atoms with van der Waals surface area (Å²) in [5, 5.41) is 10.6. The summed E-state index contributed by atoms with van der Waals surface area (Å²) in [4.78, 5) is 16.6. The molecule has 2 aromatic carbocycles. The molecule has 1 aliphatic heterocycles. The monoisotopic (exact) mass is 360 g/mol. The van der Waals surface area contributed by atoms with E-state index in [9.17, 15) is 9.90 Å². The molecular formula is C19H21ClN2O3. The lowest BCUT2D eigenvalue weighted by Gasteiger charge is -2.39. The number of ether oxygens (including phenoxy) is 1. The fourth-order valence-electron chi connectivity index (χ4n) is 3.23. The van der Waals surface area contributed by atoms with Crippen LogP contribution in [0.2, 0.25) is 5.02 Å². The molecule has 1 atom stereocenters. The number of piperazine rings is 1. The second-order valence-electron chi connectivity index (χ2n) is 5.96. The van der Waals surface area contributed by atoms with Gasteiger partial charge < -0.3 is 14.7 Å². The van der Waals surface area contributed by atoms with Gasteiger partial charge >= 0.3 is 5.97 Å². The quantitative estimate of drug-likeness (QED) is 0.849. The molecule has 6 heteroatoms. The number of anilines is 1. The van der Waals surface area contributed by atoms with E-state index in [1.165, 1.54) is 7.11 Å². The first kappa shape index (κ1) is 17.6. The molecule has 1 fully saturated rings. The molecule has 0 bridgehead atoms. The van der Waals surface area contributed by atoms with Crippen LogP contribution in [0.4, 0.5) is 5.69 Å². The van der Waals surface area contributed by atoms with Gasteiger partial charge in [-0.3, -0.25) is 4.90 Å². The molecule has 0 spiro atoms. The number of halogens is 1. The fourth-order valence-corrected chi connectivity index (χ4v) is 3.47. The lowest BCUT2D eigenvalue weighted by molar-refractivity contribution is -0.147. The number of hydrogen-bond donors (Lipinski definition) is 1. The molecule has 25 heavy (non-hydrogen) atoms. The van der Waals surface area contributed by atoms with E-state index in [1.807, 2.05) is 30.3 Å². The minimum absolute atomic E-state index is 0.270. The molecule has 132 valence electrons. The number of nitrogens with zero attached hydrogens (tertiary/aromatic N) is 2. The first-order chi connectivity index (χ1) is 12.1. The van der Waals surface area contributed by atoms with Crippen molar-refractivity contribution in [3.63, 3.8) is 0 Å².